The van der Waals surface area contributed by atoms with Crippen LogP contribution in [0.1, 0.15) is 31.5 Å². The molecular weight excluding hydrogens is 328 g/mol. The minimum absolute atomic E-state index is 0.960. The second-order valence-corrected chi connectivity index (χ2v) is 6.30. The Balaban J connectivity index is 2.24. The Morgan fingerprint density at radius 3 is 2.44 bits per heavy atom. The Bertz CT molecular complexity index is 1020. The minimum atomic E-state index is 0.960. The van der Waals surface area contributed by atoms with Gasteiger partial charge in [-0.2, -0.15) is 0 Å². The van der Waals surface area contributed by atoms with E-state index in [2.05, 4.69) is 78.5 Å². The van der Waals surface area contributed by atoms with Crippen molar-refractivity contribution < 1.29 is 0 Å². The van der Waals surface area contributed by atoms with Crippen molar-refractivity contribution in [2.75, 3.05) is 5.32 Å². The van der Waals surface area contributed by atoms with E-state index in [-0.39, 0.29) is 0 Å². The predicted octanol–water partition coefficient (Wildman–Crippen LogP) is 7.50. The van der Waals surface area contributed by atoms with Crippen LogP contribution < -0.4 is 5.32 Å². The smallest absolute Gasteiger partial charge is 0.0561 e. The number of nitrogens with zero attached hydrogens (tertiary/aromatic N) is 1. The molecule has 1 N–H and O–H groups in total. The highest BCUT2D eigenvalue weighted by Gasteiger charge is 2.15. The fourth-order valence-corrected chi connectivity index (χ4v) is 3.41. The van der Waals surface area contributed by atoms with Gasteiger partial charge in [0, 0.05) is 28.0 Å². The Labute approximate surface area is 161 Å². The molecule has 0 aliphatic rings. The summed E-state index contributed by atoms with van der Waals surface area (Å²) in [7, 11) is 0. The summed E-state index contributed by atoms with van der Waals surface area (Å²) in [5.41, 5.74) is 6.58. The maximum atomic E-state index is 4.05. The van der Waals surface area contributed by atoms with Crippen molar-refractivity contribution >= 4 is 40.1 Å². The maximum absolute atomic E-state index is 4.05. The first-order valence-electron chi connectivity index (χ1n) is 9.32. The maximum Gasteiger partial charge on any atom is 0.0561 e. The lowest BCUT2D eigenvalue weighted by Gasteiger charge is -2.12. The van der Waals surface area contributed by atoms with Crippen molar-refractivity contribution in [3.05, 3.63) is 91.2 Å². The number of aromatic nitrogens is 1. The molecule has 0 saturated carbocycles. The van der Waals surface area contributed by atoms with Gasteiger partial charge < -0.3 is 9.88 Å². The van der Waals surface area contributed by atoms with Crippen LogP contribution in [0.5, 0.6) is 0 Å². The topological polar surface area (TPSA) is 17.0 Å². The second-order valence-electron chi connectivity index (χ2n) is 6.30. The van der Waals surface area contributed by atoms with Crippen molar-refractivity contribution in [2.45, 2.75) is 20.3 Å². The summed E-state index contributed by atoms with van der Waals surface area (Å²) in [4.78, 5) is 0. The summed E-state index contributed by atoms with van der Waals surface area (Å²) in [5.74, 6) is 0. The molecule has 0 radical (unpaired) electrons. The van der Waals surface area contributed by atoms with Gasteiger partial charge in [-0.3, -0.25) is 0 Å². The summed E-state index contributed by atoms with van der Waals surface area (Å²) >= 11 is 0. The molecule has 0 fully saturated rings. The van der Waals surface area contributed by atoms with Crippen molar-refractivity contribution in [1.29, 1.82) is 0 Å². The molecule has 2 aromatic carbocycles. The molecule has 2 nitrogen and oxygen atoms in total. The highest BCUT2D eigenvalue weighted by atomic mass is 15.0. The third kappa shape index (κ3) is 3.65. The van der Waals surface area contributed by atoms with Crippen LogP contribution in [0, 0.1) is 0 Å². The van der Waals surface area contributed by atoms with Crippen LogP contribution in [-0.4, -0.2) is 4.57 Å². The molecule has 0 atom stereocenters. The number of fused-ring (bicyclic) bond motifs is 1. The normalized spacial score (nSPS) is 11.9. The second kappa shape index (κ2) is 8.41. The molecule has 136 valence electrons. The molecule has 0 aliphatic heterocycles. The molecule has 0 saturated heterocycles. The number of benzene rings is 2. The number of allylic oxidation sites excluding steroid dienone is 4. The van der Waals surface area contributed by atoms with E-state index in [0.717, 1.165) is 40.3 Å². The summed E-state index contributed by atoms with van der Waals surface area (Å²) < 4.78 is 2.26. The summed E-state index contributed by atoms with van der Waals surface area (Å²) in [6.45, 7) is 12.3. The number of nitrogens with one attached hydrogen (secondary N) is 1. The Morgan fingerprint density at radius 2 is 1.81 bits per heavy atom. The zero-order valence-corrected chi connectivity index (χ0v) is 16.1. The molecule has 3 rings (SSSR count). The van der Waals surface area contributed by atoms with E-state index >= 15 is 0 Å². The van der Waals surface area contributed by atoms with Crippen LogP contribution in [0.2, 0.25) is 0 Å². The van der Waals surface area contributed by atoms with E-state index in [0.29, 0.717) is 0 Å². The lowest BCUT2D eigenvalue weighted by atomic mass is 10.1. The van der Waals surface area contributed by atoms with E-state index in [1.54, 1.807) is 0 Å². The number of rotatable bonds is 7. The first-order valence-corrected chi connectivity index (χ1v) is 9.32. The fourth-order valence-electron chi connectivity index (χ4n) is 3.41. The van der Waals surface area contributed by atoms with Gasteiger partial charge in [-0.25, -0.2) is 0 Å². The average Bonchev–Trinajstić information content (AvgIpc) is 3.01. The molecule has 3 aromatic rings. The fraction of sp³-hybridized carbons (Fsp3) is 0.120. The van der Waals surface area contributed by atoms with E-state index in [1.165, 1.54) is 5.39 Å². The number of anilines is 2. The predicted molar refractivity (Wildman–Crippen MR) is 121 cm³/mol. The van der Waals surface area contributed by atoms with Gasteiger partial charge in [0.1, 0.15) is 0 Å². The monoisotopic (exact) mass is 354 g/mol. The lowest BCUT2D eigenvalue weighted by molar-refractivity contribution is 1.12. The third-order valence-corrected chi connectivity index (χ3v) is 4.51. The van der Waals surface area contributed by atoms with Crippen LogP contribution in [0.4, 0.5) is 11.4 Å². The Kier molecular flexibility index (Phi) is 5.77. The first-order chi connectivity index (χ1) is 13.2. The highest BCUT2D eigenvalue weighted by molar-refractivity contribution is 5.98. The van der Waals surface area contributed by atoms with Crippen molar-refractivity contribution in [2.24, 2.45) is 0 Å². The van der Waals surface area contributed by atoms with Gasteiger partial charge >= 0.3 is 0 Å². The first kappa shape index (κ1) is 18.5. The number of hydrogen-bond acceptors (Lipinski definition) is 1. The number of hydrogen-bond donors (Lipinski definition) is 1. The quantitative estimate of drug-likeness (QED) is 0.435. The van der Waals surface area contributed by atoms with Crippen LogP contribution in [0.3, 0.4) is 0 Å². The molecule has 27 heavy (non-hydrogen) atoms. The number of para-hydroxylation sites is 1. The van der Waals surface area contributed by atoms with E-state index in [9.17, 15) is 0 Å². The summed E-state index contributed by atoms with van der Waals surface area (Å²) in [5, 5.41) is 4.66. The van der Waals surface area contributed by atoms with Crippen molar-refractivity contribution in [1.82, 2.24) is 4.57 Å². The average molecular weight is 354 g/mol. The van der Waals surface area contributed by atoms with Crippen LogP contribution in [0.25, 0.3) is 28.8 Å². The van der Waals surface area contributed by atoms with Gasteiger partial charge in [-0.05, 0) is 49.8 Å². The Morgan fingerprint density at radius 1 is 1.04 bits per heavy atom. The van der Waals surface area contributed by atoms with Gasteiger partial charge in [-0.1, -0.05) is 62.6 Å². The van der Waals surface area contributed by atoms with Crippen LogP contribution in [-0.2, 0) is 0 Å². The van der Waals surface area contributed by atoms with Gasteiger partial charge in [0.15, 0.2) is 0 Å². The molecule has 1 heterocycles. The molecule has 2 heteroatoms. The molecular formula is C25H26N2. The molecule has 1 aromatic heterocycles. The summed E-state index contributed by atoms with van der Waals surface area (Å²) in [6.07, 6.45) is 11.2. The van der Waals surface area contributed by atoms with Crippen LogP contribution in [0.15, 0.2) is 79.9 Å². The molecule has 0 unspecified atom stereocenters. The van der Waals surface area contributed by atoms with Crippen molar-refractivity contribution in [3.63, 3.8) is 0 Å². The zero-order chi connectivity index (χ0) is 19.2. The Hall–Kier alpha value is -3.26. The van der Waals surface area contributed by atoms with Gasteiger partial charge in [-0.15, -0.1) is 0 Å². The zero-order valence-electron chi connectivity index (χ0n) is 16.1. The highest BCUT2D eigenvalue weighted by Crippen LogP contribution is 2.34. The summed E-state index contributed by atoms with van der Waals surface area (Å²) in [6, 6.07) is 16.7. The van der Waals surface area contributed by atoms with Gasteiger partial charge in [0.2, 0.25) is 0 Å². The van der Waals surface area contributed by atoms with Crippen molar-refractivity contribution in [3.8, 4) is 0 Å². The molecule has 0 aliphatic carbocycles. The van der Waals surface area contributed by atoms with E-state index in [1.807, 2.05) is 37.3 Å². The minimum Gasteiger partial charge on any atom is -0.355 e. The van der Waals surface area contributed by atoms with Gasteiger partial charge in [0.25, 0.3) is 0 Å². The van der Waals surface area contributed by atoms with E-state index in [4.69, 9.17) is 0 Å². The largest absolute Gasteiger partial charge is 0.355 e. The molecule has 0 spiro atoms. The van der Waals surface area contributed by atoms with Gasteiger partial charge in [0.05, 0.1) is 11.2 Å². The molecule has 0 bridgehead atoms. The standard InChI is InChI=1S/C25H26N2/c1-5-12-21(13-6-2)27-24(8-4)22(7-3)23-17-16-20(18-25(23)27)26-19-14-10-9-11-15-19/h5,7-18,26H,3-4,6H2,1-2H3/b12-5-,21-13+. The third-order valence-electron chi connectivity index (χ3n) is 4.51. The molecule has 0 amide bonds. The van der Waals surface area contributed by atoms with Crippen LogP contribution >= 0.6 is 0 Å². The SMILES string of the molecule is C=Cc1c(C=C)n(C(/C=C\C)=C/CC)c2cc(Nc3ccccc3)ccc12. The lowest BCUT2D eigenvalue weighted by Crippen LogP contribution is -1.98. The van der Waals surface area contributed by atoms with E-state index < -0.39 is 0 Å².